The Morgan fingerprint density at radius 3 is 2.38 bits per heavy atom. The maximum absolute atomic E-state index is 6.00. The second-order valence-corrected chi connectivity index (χ2v) is 8.63. The van der Waals surface area contributed by atoms with Gasteiger partial charge in [0.1, 0.15) is 11.9 Å². The largest absolute Gasteiger partial charge is 0.488 e. The van der Waals surface area contributed by atoms with Crippen LogP contribution in [0.5, 0.6) is 5.75 Å². The maximum Gasteiger partial charge on any atom is 0.191 e. The van der Waals surface area contributed by atoms with E-state index in [1.54, 1.807) is 7.05 Å². The van der Waals surface area contributed by atoms with Gasteiger partial charge in [0.2, 0.25) is 0 Å². The average molecular weight is 550 g/mol. The van der Waals surface area contributed by atoms with E-state index in [0.29, 0.717) is 12.2 Å². The molecule has 0 saturated carbocycles. The van der Waals surface area contributed by atoms with E-state index in [2.05, 4.69) is 70.8 Å². The molecule has 2 aromatic carbocycles. The van der Waals surface area contributed by atoms with Crippen molar-refractivity contribution >= 4 is 29.9 Å². The Kier molecular flexibility index (Phi) is 9.19. The van der Waals surface area contributed by atoms with Gasteiger partial charge in [-0.1, -0.05) is 42.5 Å². The number of para-hydroxylation sites is 1. The minimum absolute atomic E-state index is 0. The SMILES string of the molecule is CN=C(NCc1ccc(CN2CC(C)OC(C)C2)cc1)NCC1Cc2ccccc2O1.I. The van der Waals surface area contributed by atoms with Gasteiger partial charge in [-0.25, -0.2) is 0 Å². The third-order valence-corrected chi connectivity index (χ3v) is 5.82. The fourth-order valence-electron chi connectivity index (χ4n) is 4.42. The summed E-state index contributed by atoms with van der Waals surface area (Å²) in [5.74, 6) is 1.79. The molecule has 32 heavy (non-hydrogen) atoms. The Labute approximate surface area is 208 Å². The van der Waals surface area contributed by atoms with Crippen LogP contribution in [0.2, 0.25) is 0 Å². The van der Waals surface area contributed by atoms with Crippen molar-refractivity contribution < 1.29 is 9.47 Å². The van der Waals surface area contributed by atoms with Crippen molar-refractivity contribution in [2.24, 2.45) is 4.99 Å². The van der Waals surface area contributed by atoms with Crippen molar-refractivity contribution in [1.82, 2.24) is 15.5 Å². The molecule has 1 saturated heterocycles. The lowest BCUT2D eigenvalue weighted by atomic mass is 10.1. The summed E-state index contributed by atoms with van der Waals surface area (Å²) in [5.41, 5.74) is 3.85. The Morgan fingerprint density at radius 1 is 1.00 bits per heavy atom. The van der Waals surface area contributed by atoms with Gasteiger partial charge in [-0.15, -0.1) is 24.0 Å². The van der Waals surface area contributed by atoms with E-state index in [1.165, 1.54) is 16.7 Å². The van der Waals surface area contributed by atoms with Gasteiger partial charge < -0.3 is 20.1 Å². The minimum Gasteiger partial charge on any atom is -0.488 e. The Bertz CT molecular complexity index is 855. The fourth-order valence-corrected chi connectivity index (χ4v) is 4.42. The quantitative estimate of drug-likeness (QED) is 0.327. The summed E-state index contributed by atoms with van der Waals surface area (Å²) < 4.78 is 11.8. The van der Waals surface area contributed by atoms with E-state index in [4.69, 9.17) is 9.47 Å². The second-order valence-electron chi connectivity index (χ2n) is 8.63. The maximum atomic E-state index is 6.00. The predicted octanol–water partition coefficient (Wildman–Crippen LogP) is 3.58. The predicted molar refractivity (Wildman–Crippen MR) is 140 cm³/mol. The molecular formula is C25H35IN4O2. The van der Waals surface area contributed by atoms with Gasteiger partial charge in [-0.3, -0.25) is 9.89 Å². The molecule has 7 heteroatoms. The van der Waals surface area contributed by atoms with Crippen LogP contribution in [0, 0.1) is 0 Å². The summed E-state index contributed by atoms with van der Waals surface area (Å²) in [4.78, 5) is 6.82. The van der Waals surface area contributed by atoms with Crippen LogP contribution in [-0.4, -0.2) is 55.9 Å². The van der Waals surface area contributed by atoms with E-state index in [1.807, 2.05) is 12.1 Å². The first-order valence-corrected chi connectivity index (χ1v) is 11.2. The molecule has 2 N–H and O–H groups in total. The number of nitrogens with one attached hydrogen (secondary N) is 2. The van der Waals surface area contributed by atoms with Crippen molar-refractivity contribution in [1.29, 1.82) is 0 Å². The zero-order chi connectivity index (χ0) is 21.6. The molecule has 2 heterocycles. The molecular weight excluding hydrogens is 515 g/mol. The first-order chi connectivity index (χ1) is 15.1. The number of hydrogen-bond acceptors (Lipinski definition) is 4. The van der Waals surface area contributed by atoms with Crippen LogP contribution >= 0.6 is 24.0 Å². The third-order valence-electron chi connectivity index (χ3n) is 5.82. The van der Waals surface area contributed by atoms with E-state index in [9.17, 15) is 0 Å². The molecule has 0 radical (unpaired) electrons. The summed E-state index contributed by atoms with van der Waals surface area (Å²) in [7, 11) is 1.80. The van der Waals surface area contributed by atoms with Crippen molar-refractivity contribution in [2.45, 2.75) is 51.7 Å². The van der Waals surface area contributed by atoms with Crippen LogP contribution in [0.3, 0.4) is 0 Å². The summed E-state index contributed by atoms with van der Waals surface area (Å²) in [6, 6.07) is 17.1. The van der Waals surface area contributed by atoms with Gasteiger partial charge in [0.05, 0.1) is 18.8 Å². The first-order valence-electron chi connectivity index (χ1n) is 11.2. The summed E-state index contributed by atoms with van der Waals surface area (Å²) in [6.07, 6.45) is 1.67. The van der Waals surface area contributed by atoms with Crippen molar-refractivity contribution in [3.8, 4) is 5.75 Å². The number of halogens is 1. The summed E-state index contributed by atoms with van der Waals surface area (Å²) >= 11 is 0. The molecule has 3 atom stereocenters. The summed E-state index contributed by atoms with van der Waals surface area (Å²) in [5, 5.41) is 6.79. The molecule has 0 spiro atoms. The van der Waals surface area contributed by atoms with Crippen LogP contribution < -0.4 is 15.4 Å². The van der Waals surface area contributed by atoms with Gasteiger partial charge in [0, 0.05) is 39.6 Å². The molecule has 0 aromatic heterocycles. The topological polar surface area (TPSA) is 58.1 Å². The number of morpholine rings is 1. The molecule has 2 aromatic rings. The van der Waals surface area contributed by atoms with Crippen LogP contribution in [0.15, 0.2) is 53.5 Å². The first kappa shape index (κ1) is 24.8. The molecule has 1 fully saturated rings. The summed E-state index contributed by atoms with van der Waals surface area (Å²) in [6.45, 7) is 8.71. The molecule has 6 nitrogen and oxygen atoms in total. The fraction of sp³-hybridized carbons (Fsp3) is 0.480. The van der Waals surface area contributed by atoms with Gasteiger partial charge in [0.25, 0.3) is 0 Å². The number of hydrogen-bond donors (Lipinski definition) is 2. The molecule has 4 rings (SSSR count). The standard InChI is InChI=1S/C25H34N4O2.HI/c1-18-15-29(16-19(2)30-18)17-21-10-8-20(9-11-21)13-27-25(26-3)28-14-23-12-22-6-4-5-7-24(22)31-23;/h4-11,18-19,23H,12-17H2,1-3H3,(H2,26,27,28);1H. The highest BCUT2D eigenvalue weighted by molar-refractivity contribution is 14.0. The number of fused-ring (bicyclic) bond motifs is 1. The van der Waals surface area contributed by atoms with E-state index in [-0.39, 0.29) is 30.1 Å². The van der Waals surface area contributed by atoms with E-state index < -0.39 is 0 Å². The lowest BCUT2D eigenvalue weighted by molar-refractivity contribution is -0.0704. The number of benzene rings is 2. The molecule has 0 bridgehead atoms. The number of aliphatic imine (C=N–C) groups is 1. The molecule has 3 unspecified atom stereocenters. The van der Waals surface area contributed by atoms with Crippen molar-refractivity contribution in [2.75, 3.05) is 26.7 Å². The van der Waals surface area contributed by atoms with Crippen LogP contribution in [-0.2, 0) is 24.2 Å². The number of ether oxygens (including phenoxy) is 2. The average Bonchev–Trinajstić information content (AvgIpc) is 3.17. The van der Waals surface area contributed by atoms with Gasteiger partial charge in [-0.2, -0.15) is 0 Å². The van der Waals surface area contributed by atoms with Gasteiger partial charge in [0.15, 0.2) is 5.96 Å². The third kappa shape index (κ3) is 6.83. The Hall–Kier alpha value is -1.84. The second kappa shape index (κ2) is 11.9. The lowest BCUT2D eigenvalue weighted by Crippen LogP contribution is -2.44. The van der Waals surface area contributed by atoms with Crippen LogP contribution in [0.4, 0.5) is 0 Å². The molecule has 0 aliphatic carbocycles. The van der Waals surface area contributed by atoms with Crippen molar-refractivity contribution in [3.63, 3.8) is 0 Å². The number of rotatable bonds is 6. The minimum atomic E-state index is 0. The number of nitrogens with zero attached hydrogens (tertiary/aromatic N) is 2. The molecule has 0 amide bonds. The zero-order valence-corrected chi connectivity index (χ0v) is 21.5. The zero-order valence-electron chi connectivity index (χ0n) is 19.2. The van der Waals surface area contributed by atoms with Gasteiger partial charge >= 0.3 is 0 Å². The van der Waals surface area contributed by atoms with Crippen molar-refractivity contribution in [3.05, 3.63) is 65.2 Å². The normalized spacial score (nSPS) is 23.1. The lowest BCUT2D eigenvalue weighted by Gasteiger charge is -2.35. The monoisotopic (exact) mass is 550 g/mol. The highest BCUT2D eigenvalue weighted by Crippen LogP contribution is 2.27. The Balaban J connectivity index is 0.00000289. The Morgan fingerprint density at radius 2 is 1.69 bits per heavy atom. The smallest absolute Gasteiger partial charge is 0.191 e. The molecule has 2 aliphatic heterocycles. The van der Waals surface area contributed by atoms with Crippen LogP contribution in [0.1, 0.15) is 30.5 Å². The van der Waals surface area contributed by atoms with E-state index in [0.717, 1.165) is 50.9 Å². The van der Waals surface area contributed by atoms with Gasteiger partial charge in [-0.05, 0) is 36.6 Å². The molecule has 2 aliphatic rings. The molecule has 174 valence electrons. The van der Waals surface area contributed by atoms with Crippen LogP contribution in [0.25, 0.3) is 0 Å². The highest BCUT2D eigenvalue weighted by Gasteiger charge is 2.23. The highest BCUT2D eigenvalue weighted by atomic mass is 127. The van der Waals surface area contributed by atoms with E-state index >= 15 is 0 Å². The number of guanidine groups is 1.